The number of nitrogens with one attached hydrogen (secondary N) is 1. The van der Waals surface area contributed by atoms with Gasteiger partial charge in [0, 0.05) is 10.6 Å². The van der Waals surface area contributed by atoms with Crippen molar-refractivity contribution >= 4 is 23.2 Å². The Hall–Kier alpha value is -3.76. The van der Waals surface area contributed by atoms with Gasteiger partial charge in [-0.15, -0.1) is 0 Å². The molecule has 0 spiro atoms. The lowest BCUT2D eigenvalue weighted by Gasteiger charge is -2.13. The van der Waals surface area contributed by atoms with Crippen LogP contribution in [0.5, 0.6) is 17.2 Å². The summed E-state index contributed by atoms with van der Waals surface area (Å²) in [6, 6.07) is 31.4. The fourth-order valence-corrected chi connectivity index (χ4v) is 3.14. The van der Waals surface area contributed by atoms with Crippen LogP contribution >= 0.6 is 11.6 Å². The molecule has 0 aliphatic heterocycles. The summed E-state index contributed by atoms with van der Waals surface area (Å²) in [7, 11) is 0. The number of hydrogen-bond donors (Lipinski definition) is 1. The number of para-hydroxylation sites is 1. The molecule has 4 aromatic carbocycles. The van der Waals surface area contributed by atoms with Crippen LogP contribution < -0.4 is 14.8 Å². The van der Waals surface area contributed by atoms with E-state index < -0.39 is 0 Å². The Morgan fingerprint density at radius 1 is 0.774 bits per heavy atom. The molecule has 0 aromatic heterocycles. The van der Waals surface area contributed by atoms with Crippen molar-refractivity contribution in [2.75, 3.05) is 5.32 Å². The number of halogens is 1. The molecule has 0 fully saturated rings. The first-order valence-corrected chi connectivity index (χ1v) is 10.2. The first-order valence-electron chi connectivity index (χ1n) is 9.78. The standard InChI is InChI=1S/C26H20ClNO3/c27-21-14-15-25(31-22-11-5-2-6-12-22)24(17-21)28-26(29)20-10-7-13-23(16-20)30-18-19-8-3-1-4-9-19/h1-17H,18H2,(H,28,29). The fraction of sp³-hybridized carbons (Fsp3) is 0.0385. The quantitative estimate of drug-likeness (QED) is 0.345. The largest absolute Gasteiger partial charge is 0.489 e. The highest BCUT2D eigenvalue weighted by Gasteiger charge is 2.12. The molecule has 5 heteroatoms. The molecule has 0 atom stereocenters. The summed E-state index contributed by atoms with van der Waals surface area (Å²) in [6.07, 6.45) is 0. The van der Waals surface area contributed by atoms with Crippen LogP contribution in [0.15, 0.2) is 103 Å². The second-order valence-electron chi connectivity index (χ2n) is 6.81. The predicted molar refractivity (Wildman–Crippen MR) is 123 cm³/mol. The highest BCUT2D eigenvalue weighted by atomic mass is 35.5. The van der Waals surface area contributed by atoms with Crippen molar-refractivity contribution in [2.24, 2.45) is 0 Å². The predicted octanol–water partition coefficient (Wildman–Crippen LogP) is 6.96. The maximum absolute atomic E-state index is 12.9. The van der Waals surface area contributed by atoms with Crippen molar-refractivity contribution in [3.8, 4) is 17.2 Å². The van der Waals surface area contributed by atoms with E-state index in [-0.39, 0.29) is 5.91 Å². The Balaban J connectivity index is 1.48. The minimum atomic E-state index is -0.287. The zero-order chi connectivity index (χ0) is 21.5. The van der Waals surface area contributed by atoms with E-state index in [9.17, 15) is 4.79 Å². The molecule has 154 valence electrons. The first-order chi connectivity index (χ1) is 15.2. The van der Waals surface area contributed by atoms with E-state index in [1.165, 1.54) is 0 Å². The van der Waals surface area contributed by atoms with Crippen LogP contribution in [0.1, 0.15) is 15.9 Å². The SMILES string of the molecule is O=C(Nc1cc(Cl)ccc1Oc1ccccc1)c1cccc(OCc2ccccc2)c1. The molecule has 31 heavy (non-hydrogen) atoms. The van der Waals surface area contributed by atoms with Gasteiger partial charge in [-0.25, -0.2) is 0 Å². The van der Waals surface area contributed by atoms with Gasteiger partial charge in [0.2, 0.25) is 0 Å². The van der Waals surface area contributed by atoms with E-state index in [0.29, 0.717) is 40.1 Å². The van der Waals surface area contributed by atoms with Crippen LogP contribution in [0, 0.1) is 0 Å². The third kappa shape index (κ3) is 5.65. The molecule has 0 aliphatic rings. The highest BCUT2D eigenvalue weighted by molar-refractivity contribution is 6.31. The molecule has 4 rings (SSSR count). The van der Waals surface area contributed by atoms with Crippen LogP contribution in [0.3, 0.4) is 0 Å². The van der Waals surface area contributed by atoms with E-state index in [1.807, 2.05) is 66.7 Å². The first kappa shape index (κ1) is 20.5. The maximum atomic E-state index is 12.9. The van der Waals surface area contributed by atoms with Gasteiger partial charge in [0.1, 0.15) is 18.1 Å². The molecule has 0 heterocycles. The Morgan fingerprint density at radius 3 is 2.26 bits per heavy atom. The molecule has 0 radical (unpaired) electrons. The molecular formula is C26H20ClNO3. The second-order valence-corrected chi connectivity index (χ2v) is 7.25. The average Bonchev–Trinajstić information content (AvgIpc) is 2.81. The van der Waals surface area contributed by atoms with Crippen molar-refractivity contribution in [1.82, 2.24) is 0 Å². The van der Waals surface area contributed by atoms with Gasteiger partial charge >= 0.3 is 0 Å². The molecule has 1 N–H and O–H groups in total. The Labute approximate surface area is 186 Å². The lowest BCUT2D eigenvalue weighted by molar-refractivity contribution is 0.102. The summed E-state index contributed by atoms with van der Waals surface area (Å²) in [5.74, 6) is 1.49. The summed E-state index contributed by atoms with van der Waals surface area (Å²) in [6.45, 7) is 0.426. The fourth-order valence-electron chi connectivity index (χ4n) is 2.97. The number of rotatable bonds is 7. The third-order valence-electron chi connectivity index (χ3n) is 4.51. The van der Waals surface area contributed by atoms with Crippen molar-refractivity contribution in [2.45, 2.75) is 6.61 Å². The second kappa shape index (κ2) is 9.83. The van der Waals surface area contributed by atoms with Crippen molar-refractivity contribution in [3.05, 3.63) is 119 Å². The lowest BCUT2D eigenvalue weighted by atomic mass is 10.2. The lowest BCUT2D eigenvalue weighted by Crippen LogP contribution is -2.12. The number of amides is 1. The minimum Gasteiger partial charge on any atom is -0.489 e. The van der Waals surface area contributed by atoms with Crippen LogP contribution in [0.25, 0.3) is 0 Å². The number of hydrogen-bond acceptors (Lipinski definition) is 3. The van der Waals surface area contributed by atoms with E-state index in [4.69, 9.17) is 21.1 Å². The van der Waals surface area contributed by atoms with E-state index in [0.717, 1.165) is 5.56 Å². The summed E-state index contributed by atoms with van der Waals surface area (Å²) >= 11 is 6.15. The van der Waals surface area contributed by atoms with Gasteiger partial charge in [-0.3, -0.25) is 4.79 Å². The van der Waals surface area contributed by atoms with Gasteiger partial charge in [-0.05, 0) is 54.1 Å². The Bertz CT molecular complexity index is 1160. The molecule has 0 saturated heterocycles. The number of ether oxygens (including phenoxy) is 2. The number of anilines is 1. The number of carbonyl (C=O) groups excluding carboxylic acids is 1. The van der Waals surface area contributed by atoms with Gasteiger partial charge in [-0.2, -0.15) is 0 Å². The summed E-state index contributed by atoms with van der Waals surface area (Å²) < 4.78 is 11.7. The smallest absolute Gasteiger partial charge is 0.255 e. The van der Waals surface area contributed by atoms with Crippen LogP contribution in [0.2, 0.25) is 5.02 Å². The number of benzene rings is 4. The van der Waals surface area contributed by atoms with Crippen molar-refractivity contribution in [1.29, 1.82) is 0 Å². The van der Waals surface area contributed by atoms with E-state index in [1.54, 1.807) is 36.4 Å². The van der Waals surface area contributed by atoms with Gasteiger partial charge in [0.15, 0.2) is 5.75 Å². The van der Waals surface area contributed by atoms with Crippen molar-refractivity contribution in [3.63, 3.8) is 0 Å². The molecule has 0 unspecified atom stereocenters. The molecule has 1 amide bonds. The zero-order valence-electron chi connectivity index (χ0n) is 16.6. The van der Waals surface area contributed by atoms with E-state index in [2.05, 4.69) is 5.32 Å². The monoisotopic (exact) mass is 429 g/mol. The van der Waals surface area contributed by atoms with Crippen LogP contribution in [-0.4, -0.2) is 5.91 Å². The van der Waals surface area contributed by atoms with Gasteiger partial charge in [-0.1, -0.05) is 66.2 Å². The molecular weight excluding hydrogens is 410 g/mol. The molecule has 4 aromatic rings. The highest BCUT2D eigenvalue weighted by Crippen LogP contribution is 2.32. The summed E-state index contributed by atoms with van der Waals surface area (Å²) in [5.41, 5.74) is 2.01. The normalized spacial score (nSPS) is 10.4. The molecule has 0 saturated carbocycles. The Morgan fingerprint density at radius 2 is 1.48 bits per heavy atom. The summed E-state index contributed by atoms with van der Waals surface area (Å²) in [4.78, 5) is 12.9. The zero-order valence-corrected chi connectivity index (χ0v) is 17.4. The third-order valence-corrected chi connectivity index (χ3v) is 4.74. The molecule has 0 bridgehead atoms. The van der Waals surface area contributed by atoms with Crippen LogP contribution in [-0.2, 0) is 6.61 Å². The van der Waals surface area contributed by atoms with Gasteiger partial charge in [0.25, 0.3) is 5.91 Å². The Kier molecular flexibility index (Phi) is 6.50. The van der Waals surface area contributed by atoms with Crippen LogP contribution in [0.4, 0.5) is 5.69 Å². The maximum Gasteiger partial charge on any atom is 0.255 e. The van der Waals surface area contributed by atoms with Gasteiger partial charge < -0.3 is 14.8 Å². The topological polar surface area (TPSA) is 47.6 Å². The van der Waals surface area contributed by atoms with E-state index >= 15 is 0 Å². The summed E-state index contributed by atoms with van der Waals surface area (Å²) in [5, 5.41) is 3.38. The minimum absolute atomic E-state index is 0.287. The molecule has 0 aliphatic carbocycles. The number of carbonyl (C=O) groups is 1. The molecule has 4 nitrogen and oxygen atoms in total. The van der Waals surface area contributed by atoms with Crippen molar-refractivity contribution < 1.29 is 14.3 Å². The average molecular weight is 430 g/mol. The van der Waals surface area contributed by atoms with Gasteiger partial charge in [0.05, 0.1) is 5.69 Å².